The molecular weight excluding hydrogens is 356 g/mol. The Morgan fingerprint density at radius 2 is 2.31 bits per heavy atom. The fourth-order valence-electron chi connectivity index (χ4n) is 2.73. The molecule has 0 spiro atoms. The molecule has 2 heterocycles. The summed E-state index contributed by atoms with van der Waals surface area (Å²) in [6.45, 7) is 1.14. The monoisotopic (exact) mass is 376 g/mol. The van der Waals surface area contributed by atoms with E-state index in [1.807, 2.05) is 12.1 Å². The molecule has 0 unspecified atom stereocenters. The second-order valence-corrected chi connectivity index (χ2v) is 6.72. The third-order valence-corrected chi connectivity index (χ3v) is 4.78. The summed E-state index contributed by atoms with van der Waals surface area (Å²) in [5.41, 5.74) is 2.54. The Balaban J connectivity index is 1.52. The lowest BCUT2D eigenvalue weighted by Gasteiger charge is -2.28. The van der Waals surface area contributed by atoms with Crippen molar-refractivity contribution in [1.29, 1.82) is 0 Å². The van der Waals surface area contributed by atoms with Gasteiger partial charge in [0.2, 0.25) is 0 Å². The van der Waals surface area contributed by atoms with Crippen LogP contribution in [0.5, 0.6) is 0 Å². The summed E-state index contributed by atoms with van der Waals surface area (Å²) in [6, 6.07) is 5.24. The maximum atomic E-state index is 12.0. The molecule has 1 aliphatic heterocycles. The molecule has 26 heavy (non-hydrogen) atoms. The standard InChI is InChI=1S/C16H20N6O3S/c1-25-16(24)22-7-2-3-11-9-12(4-5-13(11)22)19-15(23)17-6-8-26-14-10-18-21-20-14/h4-5,9-10H,2-3,6-8H2,1H3,(H2,17,19,23)(H,18,20,21). The second kappa shape index (κ2) is 8.56. The fraction of sp³-hybridized carbons (Fsp3) is 0.375. The maximum absolute atomic E-state index is 12.0. The lowest BCUT2D eigenvalue weighted by molar-refractivity contribution is 0.178. The average molecular weight is 376 g/mol. The molecule has 0 aliphatic carbocycles. The van der Waals surface area contributed by atoms with Gasteiger partial charge in [0.25, 0.3) is 0 Å². The Hall–Kier alpha value is -2.75. The molecular formula is C16H20N6O3S. The van der Waals surface area contributed by atoms with Crippen LogP contribution in [0.2, 0.25) is 0 Å². The number of rotatable bonds is 5. The van der Waals surface area contributed by atoms with Crippen LogP contribution in [0.3, 0.4) is 0 Å². The van der Waals surface area contributed by atoms with Gasteiger partial charge in [-0.3, -0.25) is 4.90 Å². The SMILES string of the molecule is COC(=O)N1CCCc2cc(NC(=O)NCCSc3cn[nH]n3)ccc21. The molecule has 0 atom stereocenters. The highest BCUT2D eigenvalue weighted by Crippen LogP contribution is 2.30. The van der Waals surface area contributed by atoms with E-state index >= 15 is 0 Å². The maximum Gasteiger partial charge on any atom is 0.414 e. The van der Waals surface area contributed by atoms with E-state index in [0.29, 0.717) is 24.5 Å². The fourth-order valence-corrected chi connectivity index (χ4v) is 3.38. The van der Waals surface area contributed by atoms with Crippen LogP contribution < -0.4 is 15.5 Å². The van der Waals surface area contributed by atoms with Crippen molar-refractivity contribution < 1.29 is 14.3 Å². The highest BCUT2D eigenvalue weighted by molar-refractivity contribution is 7.99. The van der Waals surface area contributed by atoms with E-state index in [2.05, 4.69) is 26.0 Å². The molecule has 1 aromatic carbocycles. The number of aromatic amines is 1. The van der Waals surface area contributed by atoms with Crippen LogP contribution in [0.15, 0.2) is 29.4 Å². The van der Waals surface area contributed by atoms with Crippen LogP contribution in [0, 0.1) is 0 Å². The van der Waals surface area contributed by atoms with E-state index in [1.165, 1.54) is 18.9 Å². The van der Waals surface area contributed by atoms with Gasteiger partial charge in [-0.05, 0) is 36.6 Å². The normalized spacial score (nSPS) is 13.0. The first-order valence-electron chi connectivity index (χ1n) is 8.19. The third kappa shape index (κ3) is 4.45. The minimum absolute atomic E-state index is 0.272. The molecule has 0 saturated carbocycles. The van der Waals surface area contributed by atoms with Gasteiger partial charge in [-0.25, -0.2) is 9.59 Å². The molecule has 3 amide bonds. The minimum atomic E-state index is -0.367. The number of hydrogen-bond acceptors (Lipinski definition) is 6. The number of benzene rings is 1. The number of nitrogens with zero attached hydrogens (tertiary/aromatic N) is 3. The number of aryl methyl sites for hydroxylation is 1. The van der Waals surface area contributed by atoms with Gasteiger partial charge in [0.05, 0.1) is 19.0 Å². The van der Waals surface area contributed by atoms with Crippen LogP contribution in [-0.2, 0) is 11.2 Å². The topological polar surface area (TPSA) is 112 Å². The van der Waals surface area contributed by atoms with Crippen molar-refractivity contribution in [2.24, 2.45) is 0 Å². The number of nitrogens with one attached hydrogen (secondary N) is 3. The van der Waals surface area contributed by atoms with E-state index in [4.69, 9.17) is 4.74 Å². The predicted molar refractivity (Wildman–Crippen MR) is 98.6 cm³/mol. The Morgan fingerprint density at radius 1 is 1.42 bits per heavy atom. The number of carbonyl (C=O) groups excluding carboxylic acids is 2. The first-order valence-corrected chi connectivity index (χ1v) is 9.18. The highest BCUT2D eigenvalue weighted by atomic mass is 32.2. The Labute approximate surface area is 154 Å². The van der Waals surface area contributed by atoms with E-state index in [1.54, 1.807) is 17.2 Å². The molecule has 2 aromatic rings. The van der Waals surface area contributed by atoms with Gasteiger partial charge >= 0.3 is 12.1 Å². The quantitative estimate of drug-likeness (QED) is 0.545. The van der Waals surface area contributed by atoms with Crippen molar-refractivity contribution in [2.45, 2.75) is 17.9 Å². The number of ether oxygens (including phenoxy) is 1. The van der Waals surface area contributed by atoms with Crippen LogP contribution in [-0.4, -0.2) is 53.5 Å². The van der Waals surface area contributed by atoms with Gasteiger partial charge < -0.3 is 15.4 Å². The smallest absolute Gasteiger partial charge is 0.414 e. The number of carbonyl (C=O) groups is 2. The second-order valence-electron chi connectivity index (χ2n) is 5.61. The first kappa shape index (κ1) is 18.1. The number of H-pyrrole nitrogens is 1. The zero-order valence-corrected chi connectivity index (χ0v) is 15.1. The van der Waals surface area contributed by atoms with E-state index in [-0.39, 0.29) is 12.1 Å². The Kier molecular flexibility index (Phi) is 5.95. The molecule has 3 rings (SSSR count). The van der Waals surface area contributed by atoms with Crippen molar-refractivity contribution >= 4 is 35.3 Å². The molecule has 0 fully saturated rings. The summed E-state index contributed by atoms with van der Waals surface area (Å²) in [7, 11) is 1.37. The molecule has 1 aliphatic rings. The van der Waals surface area contributed by atoms with Gasteiger partial charge in [0, 0.05) is 24.5 Å². The summed E-state index contributed by atoms with van der Waals surface area (Å²) in [5.74, 6) is 0.693. The summed E-state index contributed by atoms with van der Waals surface area (Å²) >= 11 is 1.50. The number of amides is 3. The number of anilines is 2. The summed E-state index contributed by atoms with van der Waals surface area (Å²) in [5, 5.41) is 16.6. The zero-order valence-electron chi connectivity index (χ0n) is 14.3. The van der Waals surface area contributed by atoms with Crippen LogP contribution in [0.4, 0.5) is 21.0 Å². The molecule has 0 bridgehead atoms. The predicted octanol–water partition coefficient (Wildman–Crippen LogP) is 2.24. The van der Waals surface area contributed by atoms with Gasteiger partial charge in [-0.15, -0.1) is 16.9 Å². The number of urea groups is 1. The number of hydrogen-bond donors (Lipinski definition) is 3. The third-order valence-electron chi connectivity index (χ3n) is 3.88. The van der Waals surface area contributed by atoms with Crippen molar-refractivity contribution in [1.82, 2.24) is 20.7 Å². The van der Waals surface area contributed by atoms with Crippen LogP contribution in [0.1, 0.15) is 12.0 Å². The van der Waals surface area contributed by atoms with E-state index in [0.717, 1.165) is 29.1 Å². The Morgan fingerprint density at radius 3 is 3.08 bits per heavy atom. The number of fused-ring (bicyclic) bond motifs is 1. The highest BCUT2D eigenvalue weighted by Gasteiger charge is 2.23. The lowest BCUT2D eigenvalue weighted by atomic mass is 10.0. The Bertz CT molecular complexity index is 767. The summed E-state index contributed by atoms with van der Waals surface area (Å²) in [4.78, 5) is 25.5. The number of aromatic nitrogens is 3. The lowest BCUT2D eigenvalue weighted by Crippen LogP contribution is -2.35. The summed E-state index contributed by atoms with van der Waals surface area (Å²) < 4.78 is 4.82. The molecule has 0 saturated heterocycles. The first-order chi connectivity index (χ1) is 12.7. The van der Waals surface area contributed by atoms with Crippen LogP contribution >= 0.6 is 11.8 Å². The van der Waals surface area contributed by atoms with E-state index < -0.39 is 0 Å². The van der Waals surface area contributed by atoms with Crippen molar-refractivity contribution in [3.63, 3.8) is 0 Å². The minimum Gasteiger partial charge on any atom is -0.452 e. The molecule has 9 nitrogen and oxygen atoms in total. The average Bonchev–Trinajstić information content (AvgIpc) is 3.17. The summed E-state index contributed by atoms with van der Waals surface area (Å²) in [6.07, 6.45) is 2.98. The largest absolute Gasteiger partial charge is 0.452 e. The van der Waals surface area contributed by atoms with Crippen LogP contribution in [0.25, 0.3) is 0 Å². The van der Waals surface area contributed by atoms with Gasteiger partial charge in [-0.2, -0.15) is 10.3 Å². The van der Waals surface area contributed by atoms with Crippen molar-refractivity contribution in [3.8, 4) is 0 Å². The van der Waals surface area contributed by atoms with Crippen molar-refractivity contribution in [3.05, 3.63) is 30.0 Å². The van der Waals surface area contributed by atoms with Gasteiger partial charge in [-0.1, -0.05) is 0 Å². The molecule has 1 aromatic heterocycles. The number of methoxy groups -OCH3 is 1. The zero-order chi connectivity index (χ0) is 18.4. The molecule has 10 heteroatoms. The molecule has 138 valence electrons. The molecule has 0 radical (unpaired) electrons. The van der Waals surface area contributed by atoms with E-state index in [9.17, 15) is 9.59 Å². The molecule has 3 N–H and O–H groups in total. The number of thioether (sulfide) groups is 1. The van der Waals surface area contributed by atoms with Gasteiger partial charge in [0.1, 0.15) is 5.03 Å². The van der Waals surface area contributed by atoms with Gasteiger partial charge in [0.15, 0.2) is 0 Å². The van der Waals surface area contributed by atoms with Crippen molar-refractivity contribution in [2.75, 3.05) is 36.2 Å².